The minimum atomic E-state index is 0. The Morgan fingerprint density at radius 1 is 1.11 bits per heavy atom. The van der Waals surface area contributed by atoms with Gasteiger partial charge >= 0.3 is 0 Å². The fourth-order valence-corrected chi connectivity index (χ4v) is 3.25. The van der Waals surface area contributed by atoms with E-state index in [0.717, 1.165) is 69.9 Å². The second kappa shape index (κ2) is 11.3. The van der Waals surface area contributed by atoms with E-state index >= 15 is 0 Å². The largest absolute Gasteiger partial charge is 0.353 e. The van der Waals surface area contributed by atoms with Crippen LogP contribution in [0, 0.1) is 6.92 Å². The lowest BCUT2D eigenvalue weighted by atomic mass is 10.1. The van der Waals surface area contributed by atoms with Crippen LogP contribution in [0.1, 0.15) is 37.8 Å². The summed E-state index contributed by atoms with van der Waals surface area (Å²) >= 11 is 0. The Morgan fingerprint density at radius 3 is 2.52 bits per heavy atom. The van der Waals surface area contributed by atoms with Crippen molar-refractivity contribution in [2.75, 3.05) is 37.6 Å². The number of amides is 1. The summed E-state index contributed by atoms with van der Waals surface area (Å²) in [5.74, 6) is 1.88. The number of carbonyl (C=O) groups is 1. The molecule has 2 aromatic heterocycles. The molecule has 0 unspecified atom stereocenters. The molecule has 0 bridgehead atoms. The van der Waals surface area contributed by atoms with Gasteiger partial charge in [0, 0.05) is 44.4 Å². The van der Waals surface area contributed by atoms with Crippen molar-refractivity contribution in [1.29, 1.82) is 0 Å². The average Bonchev–Trinajstić information content (AvgIpc) is 3.09. The van der Waals surface area contributed by atoms with Crippen molar-refractivity contribution in [3.63, 3.8) is 0 Å². The molecule has 2 aromatic rings. The lowest BCUT2D eigenvalue weighted by Crippen LogP contribution is -2.49. The number of anilines is 1. The number of unbranched alkanes of at least 4 members (excludes halogenated alkanes) is 3. The van der Waals surface area contributed by atoms with Gasteiger partial charge in [-0.05, 0) is 26.3 Å². The van der Waals surface area contributed by atoms with Crippen LogP contribution < -0.4 is 10.6 Å². The van der Waals surface area contributed by atoms with Gasteiger partial charge in [-0.1, -0.05) is 12.8 Å². The number of nitrogens with two attached hydrogens (primary N) is 1. The Kier molecular flexibility index (Phi) is 9.76. The maximum absolute atomic E-state index is 12.3. The molecule has 3 heterocycles. The third kappa shape index (κ3) is 5.92. The third-order valence-electron chi connectivity index (χ3n) is 4.66. The molecule has 1 saturated heterocycles. The van der Waals surface area contributed by atoms with Gasteiger partial charge in [-0.15, -0.1) is 24.8 Å². The summed E-state index contributed by atoms with van der Waals surface area (Å²) in [5, 5.41) is 4.27. The molecule has 0 saturated carbocycles. The fourth-order valence-electron chi connectivity index (χ4n) is 3.25. The van der Waals surface area contributed by atoms with Crippen molar-refractivity contribution in [2.24, 2.45) is 5.73 Å². The number of fused-ring (bicyclic) bond motifs is 1. The SMILES string of the molecule is Cc1cc(N2CCN(C(=O)CCCCCCN)CC2)n2ncnc2n1.Cl.Cl. The molecular weight excluding hydrogens is 389 g/mol. The van der Waals surface area contributed by atoms with Crippen LogP contribution in [0.25, 0.3) is 5.78 Å². The molecule has 0 atom stereocenters. The van der Waals surface area contributed by atoms with Crippen molar-refractivity contribution in [3.8, 4) is 0 Å². The third-order valence-corrected chi connectivity index (χ3v) is 4.66. The smallest absolute Gasteiger partial charge is 0.254 e. The predicted octanol–water partition coefficient (Wildman–Crippen LogP) is 1.83. The van der Waals surface area contributed by atoms with E-state index in [1.54, 1.807) is 4.52 Å². The molecule has 1 aliphatic heterocycles. The van der Waals surface area contributed by atoms with Crippen LogP contribution in [0.4, 0.5) is 5.82 Å². The van der Waals surface area contributed by atoms with E-state index in [0.29, 0.717) is 12.2 Å². The van der Waals surface area contributed by atoms with Crippen LogP contribution >= 0.6 is 24.8 Å². The average molecular weight is 418 g/mol. The monoisotopic (exact) mass is 417 g/mol. The van der Waals surface area contributed by atoms with Crippen LogP contribution in [0.3, 0.4) is 0 Å². The van der Waals surface area contributed by atoms with Gasteiger partial charge in [0.2, 0.25) is 5.91 Å². The Morgan fingerprint density at radius 2 is 1.81 bits per heavy atom. The zero-order chi connectivity index (χ0) is 17.6. The van der Waals surface area contributed by atoms with Gasteiger partial charge in [0.15, 0.2) is 0 Å². The van der Waals surface area contributed by atoms with Gasteiger partial charge in [-0.25, -0.2) is 4.98 Å². The second-order valence-corrected chi connectivity index (χ2v) is 6.55. The molecule has 8 nitrogen and oxygen atoms in total. The predicted molar refractivity (Wildman–Crippen MR) is 111 cm³/mol. The van der Waals surface area contributed by atoms with E-state index in [2.05, 4.69) is 20.0 Å². The summed E-state index contributed by atoms with van der Waals surface area (Å²) in [6.45, 7) is 5.80. The summed E-state index contributed by atoms with van der Waals surface area (Å²) in [7, 11) is 0. The maximum atomic E-state index is 12.3. The minimum Gasteiger partial charge on any atom is -0.353 e. The number of hydrogen-bond donors (Lipinski definition) is 1. The van der Waals surface area contributed by atoms with E-state index in [-0.39, 0.29) is 30.7 Å². The molecule has 10 heteroatoms. The first kappa shape index (κ1) is 23.4. The van der Waals surface area contributed by atoms with E-state index in [1.807, 2.05) is 17.9 Å². The van der Waals surface area contributed by atoms with Gasteiger partial charge < -0.3 is 15.5 Å². The topological polar surface area (TPSA) is 92.7 Å². The number of hydrogen-bond acceptors (Lipinski definition) is 6. The lowest BCUT2D eigenvalue weighted by molar-refractivity contribution is -0.131. The molecule has 0 aliphatic carbocycles. The maximum Gasteiger partial charge on any atom is 0.254 e. The fraction of sp³-hybridized carbons (Fsp3) is 0.647. The summed E-state index contributed by atoms with van der Waals surface area (Å²) in [4.78, 5) is 25.1. The number of aromatic nitrogens is 4. The van der Waals surface area contributed by atoms with Crippen LogP contribution in [0.5, 0.6) is 0 Å². The first-order valence-corrected chi connectivity index (χ1v) is 9.09. The summed E-state index contributed by atoms with van der Waals surface area (Å²) < 4.78 is 1.77. The van der Waals surface area contributed by atoms with Crippen LogP contribution in [0.15, 0.2) is 12.4 Å². The molecule has 0 radical (unpaired) electrons. The van der Waals surface area contributed by atoms with Gasteiger partial charge in [-0.2, -0.15) is 14.6 Å². The lowest BCUT2D eigenvalue weighted by Gasteiger charge is -2.36. The minimum absolute atomic E-state index is 0. The van der Waals surface area contributed by atoms with Gasteiger partial charge in [0.05, 0.1) is 0 Å². The molecule has 3 rings (SSSR count). The normalized spacial score (nSPS) is 14.0. The van der Waals surface area contributed by atoms with Crippen molar-refractivity contribution in [2.45, 2.75) is 39.0 Å². The summed E-state index contributed by atoms with van der Waals surface area (Å²) in [6.07, 6.45) is 6.38. The van der Waals surface area contributed by atoms with Gasteiger partial charge in [0.1, 0.15) is 12.1 Å². The summed E-state index contributed by atoms with van der Waals surface area (Å²) in [6, 6.07) is 2.02. The number of halogens is 2. The first-order valence-electron chi connectivity index (χ1n) is 9.09. The number of rotatable bonds is 7. The van der Waals surface area contributed by atoms with Crippen LogP contribution in [-0.4, -0.2) is 63.1 Å². The van der Waals surface area contributed by atoms with Crippen molar-refractivity contribution in [3.05, 3.63) is 18.1 Å². The highest BCUT2D eigenvalue weighted by atomic mass is 35.5. The molecule has 1 amide bonds. The Bertz CT molecular complexity index is 716. The Balaban J connectivity index is 0.00000182. The highest BCUT2D eigenvalue weighted by Crippen LogP contribution is 2.18. The van der Waals surface area contributed by atoms with Gasteiger partial charge in [-0.3, -0.25) is 4.79 Å². The Labute approximate surface area is 172 Å². The number of piperazine rings is 1. The quantitative estimate of drug-likeness (QED) is 0.690. The molecule has 0 spiro atoms. The molecule has 152 valence electrons. The van der Waals surface area contributed by atoms with Gasteiger partial charge in [0.25, 0.3) is 5.78 Å². The number of carbonyl (C=O) groups excluding carboxylic acids is 1. The molecule has 1 aliphatic rings. The zero-order valence-electron chi connectivity index (χ0n) is 15.7. The second-order valence-electron chi connectivity index (χ2n) is 6.55. The standard InChI is InChI=1S/C17H27N7O.2ClH/c1-14-12-15(24-17(21-14)19-13-20-24)22-8-10-23(11-9-22)16(25)6-4-2-3-5-7-18;;/h12-13H,2-11,18H2,1H3;2*1H. The number of aryl methyl sites for hydroxylation is 1. The molecule has 1 fully saturated rings. The zero-order valence-corrected chi connectivity index (χ0v) is 17.3. The molecule has 2 N–H and O–H groups in total. The van der Waals surface area contributed by atoms with E-state index < -0.39 is 0 Å². The summed E-state index contributed by atoms with van der Waals surface area (Å²) in [5.41, 5.74) is 6.41. The van der Waals surface area contributed by atoms with Crippen molar-refractivity contribution in [1.82, 2.24) is 24.5 Å². The molecule has 27 heavy (non-hydrogen) atoms. The first-order chi connectivity index (χ1) is 12.2. The highest BCUT2D eigenvalue weighted by molar-refractivity contribution is 5.85. The highest BCUT2D eigenvalue weighted by Gasteiger charge is 2.23. The van der Waals surface area contributed by atoms with Crippen LogP contribution in [-0.2, 0) is 4.79 Å². The van der Waals surface area contributed by atoms with Crippen LogP contribution in [0.2, 0.25) is 0 Å². The number of nitrogens with zero attached hydrogens (tertiary/aromatic N) is 6. The molecule has 0 aromatic carbocycles. The van der Waals surface area contributed by atoms with E-state index in [4.69, 9.17) is 5.73 Å². The van der Waals surface area contributed by atoms with Crippen molar-refractivity contribution >= 4 is 42.3 Å². The van der Waals surface area contributed by atoms with E-state index in [1.165, 1.54) is 6.33 Å². The van der Waals surface area contributed by atoms with Crippen molar-refractivity contribution < 1.29 is 4.79 Å². The Hall–Kier alpha value is -1.64. The molecular formula is C17H29Cl2N7O. The van der Waals surface area contributed by atoms with E-state index in [9.17, 15) is 4.79 Å².